The minimum Gasteiger partial charge on any atom is -0.241 e. The lowest BCUT2D eigenvalue weighted by Crippen LogP contribution is -1.89. The molecule has 1 fully saturated rings. The van der Waals surface area contributed by atoms with Gasteiger partial charge in [-0.15, -0.1) is 11.3 Å². The fraction of sp³-hybridized carbons (Fsp3) is 0.250. The van der Waals surface area contributed by atoms with Gasteiger partial charge in [0.1, 0.15) is 16.6 Å². The van der Waals surface area contributed by atoms with Gasteiger partial charge in [0, 0.05) is 11.3 Å². The molecule has 16 heavy (non-hydrogen) atoms. The normalized spacial score (nSPS) is 15.4. The van der Waals surface area contributed by atoms with E-state index in [-0.39, 0.29) is 5.56 Å². The molecule has 1 aromatic heterocycles. The van der Waals surface area contributed by atoms with Crippen LogP contribution in [-0.4, -0.2) is 4.98 Å². The maximum absolute atomic E-state index is 13.5. The molecule has 1 aliphatic rings. The summed E-state index contributed by atoms with van der Waals surface area (Å²) in [5, 5.41) is 2.34. The van der Waals surface area contributed by atoms with E-state index in [1.807, 2.05) is 5.38 Å². The van der Waals surface area contributed by atoms with Crippen molar-refractivity contribution in [3.05, 3.63) is 40.9 Å². The Bertz CT molecular complexity index is 511. The van der Waals surface area contributed by atoms with Crippen molar-refractivity contribution in [1.82, 2.24) is 4.98 Å². The summed E-state index contributed by atoms with van der Waals surface area (Å²) >= 11 is 1.31. The molecule has 0 atom stereocenters. The first-order valence-corrected chi connectivity index (χ1v) is 6.03. The number of hydrogen-bond donors (Lipinski definition) is 0. The molecule has 4 heteroatoms. The predicted molar refractivity (Wildman–Crippen MR) is 59.4 cm³/mol. The minimum absolute atomic E-state index is 0.000556. The van der Waals surface area contributed by atoms with Gasteiger partial charge in [-0.05, 0) is 25.0 Å². The molecular weight excluding hydrogens is 228 g/mol. The summed E-state index contributed by atoms with van der Waals surface area (Å²) in [5.74, 6) is -0.576. The molecule has 3 rings (SSSR count). The van der Waals surface area contributed by atoms with E-state index in [4.69, 9.17) is 0 Å². The van der Waals surface area contributed by atoms with Crippen molar-refractivity contribution in [1.29, 1.82) is 0 Å². The zero-order valence-electron chi connectivity index (χ0n) is 8.41. The number of aromatic nitrogens is 1. The quantitative estimate of drug-likeness (QED) is 0.770. The van der Waals surface area contributed by atoms with E-state index in [0.717, 1.165) is 18.5 Å². The van der Waals surface area contributed by atoms with Crippen LogP contribution in [0.2, 0.25) is 0 Å². The summed E-state index contributed by atoms with van der Waals surface area (Å²) in [6.07, 6.45) is 2.28. The molecule has 1 heterocycles. The molecule has 1 nitrogen and oxygen atoms in total. The van der Waals surface area contributed by atoms with Gasteiger partial charge in [-0.2, -0.15) is 0 Å². The first kappa shape index (κ1) is 9.90. The van der Waals surface area contributed by atoms with Crippen LogP contribution < -0.4 is 0 Å². The van der Waals surface area contributed by atoms with Gasteiger partial charge in [0.25, 0.3) is 0 Å². The summed E-state index contributed by atoms with van der Waals surface area (Å²) < 4.78 is 27.0. The van der Waals surface area contributed by atoms with E-state index < -0.39 is 11.6 Å². The third-order valence-electron chi connectivity index (χ3n) is 2.69. The van der Waals surface area contributed by atoms with Crippen LogP contribution in [0.15, 0.2) is 23.6 Å². The summed E-state index contributed by atoms with van der Waals surface area (Å²) in [7, 11) is 0. The molecule has 0 N–H and O–H groups in total. The molecule has 1 aromatic carbocycles. The van der Waals surface area contributed by atoms with Crippen LogP contribution in [0.3, 0.4) is 0 Å². The topological polar surface area (TPSA) is 12.9 Å². The smallest absolute Gasteiger partial charge is 0.136 e. The first-order chi connectivity index (χ1) is 7.75. The average Bonchev–Trinajstić information content (AvgIpc) is 2.99. The van der Waals surface area contributed by atoms with E-state index in [0.29, 0.717) is 10.9 Å². The van der Waals surface area contributed by atoms with Crippen molar-refractivity contribution >= 4 is 11.3 Å². The highest BCUT2D eigenvalue weighted by atomic mass is 32.1. The molecular formula is C12H9F2NS. The van der Waals surface area contributed by atoms with Crippen LogP contribution in [0.5, 0.6) is 0 Å². The zero-order chi connectivity index (χ0) is 11.1. The Morgan fingerprint density at radius 3 is 2.50 bits per heavy atom. The van der Waals surface area contributed by atoms with Gasteiger partial charge in [-0.3, -0.25) is 0 Å². The largest absolute Gasteiger partial charge is 0.241 e. The van der Waals surface area contributed by atoms with E-state index in [1.165, 1.54) is 29.5 Å². The lowest BCUT2D eigenvalue weighted by Gasteiger charge is -1.99. The van der Waals surface area contributed by atoms with Crippen molar-refractivity contribution in [2.24, 2.45) is 0 Å². The molecule has 1 aliphatic carbocycles. The molecule has 0 amide bonds. The number of thiazole rings is 1. The van der Waals surface area contributed by atoms with Gasteiger partial charge in [0.2, 0.25) is 0 Å². The third kappa shape index (κ3) is 1.63. The van der Waals surface area contributed by atoms with E-state index in [2.05, 4.69) is 4.98 Å². The number of nitrogens with zero attached hydrogens (tertiary/aromatic N) is 1. The maximum Gasteiger partial charge on any atom is 0.136 e. The van der Waals surface area contributed by atoms with Gasteiger partial charge >= 0.3 is 0 Å². The van der Waals surface area contributed by atoms with Crippen molar-refractivity contribution in [2.75, 3.05) is 0 Å². The number of rotatable bonds is 2. The standard InChI is InChI=1S/C12H9F2NS/c13-8-2-1-3-9(14)11(8)12-15-10(6-16-12)7-4-5-7/h1-3,6-7H,4-5H2. The van der Waals surface area contributed by atoms with E-state index in [9.17, 15) is 8.78 Å². The number of hydrogen-bond acceptors (Lipinski definition) is 2. The van der Waals surface area contributed by atoms with Crippen LogP contribution in [-0.2, 0) is 0 Å². The van der Waals surface area contributed by atoms with Crippen molar-refractivity contribution in [3.8, 4) is 10.6 Å². The second-order valence-corrected chi connectivity index (χ2v) is 4.81. The fourth-order valence-electron chi connectivity index (χ4n) is 1.67. The van der Waals surface area contributed by atoms with Crippen molar-refractivity contribution in [2.45, 2.75) is 18.8 Å². The molecule has 0 unspecified atom stereocenters. The van der Waals surface area contributed by atoms with Gasteiger partial charge in [-0.25, -0.2) is 13.8 Å². The molecule has 0 saturated heterocycles. The van der Waals surface area contributed by atoms with Gasteiger partial charge < -0.3 is 0 Å². The predicted octanol–water partition coefficient (Wildman–Crippen LogP) is 3.97. The van der Waals surface area contributed by atoms with Gasteiger partial charge in [0.05, 0.1) is 11.3 Å². The molecule has 1 saturated carbocycles. The molecule has 0 aliphatic heterocycles. The third-order valence-corrected chi connectivity index (χ3v) is 3.57. The van der Waals surface area contributed by atoms with Crippen molar-refractivity contribution in [3.63, 3.8) is 0 Å². The summed E-state index contributed by atoms with van der Waals surface area (Å²) in [6.45, 7) is 0. The molecule has 82 valence electrons. The second-order valence-electron chi connectivity index (χ2n) is 3.95. The summed E-state index contributed by atoms with van der Waals surface area (Å²) in [4.78, 5) is 4.30. The SMILES string of the molecule is Fc1cccc(F)c1-c1nc(C2CC2)cs1. The highest BCUT2D eigenvalue weighted by molar-refractivity contribution is 7.13. The Balaban J connectivity index is 2.06. The molecule has 2 aromatic rings. The van der Waals surface area contributed by atoms with Crippen molar-refractivity contribution < 1.29 is 8.78 Å². The summed E-state index contributed by atoms with van der Waals surface area (Å²) in [5.41, 5.74) is 0.974. The average molecular weight is 237 g/mol. The highest BCUT2D eigenvalue weighted by Gasteiger charge is 2.27. The van der Waals surface area contributed by atoms with Crippen LogP contribution in [0, 0.1) is 11.6 Å². The maximum atomic E-state index is 13.5. The van der Waals surface area contributed by atoms with Crippen LogP contribution in [0.1, 0.15) is 24.5 Å². The van der Waals surface area contributed by atoms with E-state index in [1.54, 1.807) is 0 Å². The van der Waals surface area contributed by atoms with Crippen LogP contribution in [0.4, 0.5) is 8.78 Å². The minimum atomic E-state index is -0.545. The monoisotopic (exact) mass is 237 g/mol. The lowest BCUT2D eigenvalue weighted by atomic mass is 10.2. The van der Waals surface area contributed by atoms with Gasteiger partial charge in [0.15, 0.2) is 0 Å². The lowest BCUT2D eigenvalue weighted by molar-refractivity contribution is 0.589. The Labute approximate surface area is 95.8 Å². The number of benzene rings is 1. The Kier molecular flexibility index (Phi) is 2.24. The molecule has 0 radical (unpaired) electrons. The molecule has 0 spiro atoms. The summed E-state index contributed by atoms with van der Waals surface area (Å²) in [6, 6.07) is 3.89. The Hall–Kier alpha value is -1.29. The zero-order valence-corrected chi connectivity index (χ0v) is 9.23. The van der Waals surface area contributed by atoms with Crippen LogP contribution >= 0.6 is 11.3 Å². The highest BCUT2D eigenvalue weighted by Crippen LogP contribution is 2.41. The Morgan fingerprint density at radius 2 is 1.88 bits per heavy atom. The molecule has 0 bridgehead atoms. The van der Waals surface area contributed by atoms with Crippen LogP contribution in [0.25, 0.3) is 10.6 Å². The fourth-order valence-corrected chi connectivity index (χ4v) is 2.62. The first-order valence-electron chi connectivity index (χ1n) is 5.15. The second kappa shape index (κ2) is 3.63. The van der Waals surface area contributed by atoms with E-state index >= 15 is 0 Å². The number of halogens is 2. The van der Waals surface area contributed by atoms with Gasteiger partial charge in [-0.1, -0.05) is 6.07 Å². The Morgan fingerprint density at radius 1 is 1.19 bits per heavy atom.